The van der Waals surface area contributed by atoms with Crippen LogP contribution in [0.4, 0.5) is 0 Å². The summed E-state index contributed by atoms with van der Waals surface area (Å²) in [6.07, 6.45) is 0. The molecule has 2 N–H and O–H groups in total. The molecule has 0 radical (unpaired) electrons. The Balaban J connectivity index is 2.42. The standard InChI is InChI=1S/C10H9NO4S2/c12-10(13)5-11-17(14,15)9-6-16-8-4-2-1-3-7(8)9/h1-4,6,11H,5H2,(H,12,13). The molecule has 0 saturated carbocycles. The molecule has 2 aromatic rings. The van der Waals surface area contributed by atoms with Gasteiger partial charge in [-0.05, 0) is 6.07 Å². The fourth-order valence-electron chi connectivity index (χ4n) is 1.40. The van der Waals surface area contributed by atoms with Crippen LogP contribution in [0.1, 0.15) is 0 Å². The molecule has 0 unspecified atom stereocenters. The fraction of sp³-hybridized carbons (Fsp3) is 0.100. The Bertz CT molecular complexity index is 660. The van der Waals surface area contributed by atoms with Gasteiger partial charge in [0, 0.05) is 15.5 Å². The maximum Gasteiger partial charge on any atom is 0.318 e. The van der Waals surface area contributed by atoms with Gasteiger partial charge in [-0.25, -0.2) is 8.42 Å². The highest BCUT2D eigenvalue weighted by atomic mass is 32.2. The molecule has 7 heteroatoms. The third-order valence-corrected chi connectivity index (χ3v) is 4.70. The number of sulfonamides is 1. The second kappa shape index (κ2) is 4.44. The van der Waals surface area contributed by atoms with Gasteiger partial charge in [-0.3, -0.25) is 4.79 Å². The number of hydrogen-bond donors (Lipinski definition) is 2. The summed E-state index contributed by atoms with van der Waals surface area (Å²) in [5.74, 6) is -1.21. The highest BCUT2D eigenvalue weighted by molar-refractivity contribution is 7.90. The van der Waals surface area contributed by atoms with E-state index < -0.39 is 22.5 Å². The molecule has 2 rings (SSSR count). The summed E-state index contributed by atoms with van der Waals surface area (Å²) in [6.45, 7) is -0.619. The average Bonchev–Trinajstić information content (AvgIpc) is 2.71. The maximum absolute atomic E-state index is 11.8. The molecule has 0 spiro atoms. The molecule has 0 aliphatic rings. The number of carbonyl (C=O) groups is 1. The minimum atomic E-state index is -3.76. The maximum atomic E-state index is 11.8. The molecule has 17 heavy (non-hydrogen) atoms. The molecular formula is C10H9NO4S2. The zero-order valence-electron chi connectivity index (χ0n) is 8.58. The Morgan fingerprint density at radius 1 is 1.35 bits per heavy atom. The van der Waals surface area contributed by atoms with Crippen molar-refractivity contribution in [3.63, 3.8) is 0 Å². The van der Waals surface area contributed by atoms with Gasteiger partial charge in [0.25, 0.3) is 0 Å². The summed E-state index contributed by atoms with van der Waals surface area (Å²) in [4.78, 5) is 10.5. The van der Waals surface area contributed by atoms with E-state index in [1.54, 1.807) is 12.1 Å². The first-order chi connectivity index (χ1) is 8.00. The number of thiophene rings is 1. The van der Waals surface area contributed by atoms with Crippen molar-refractivity contribution < 1.29 is 18.3 Å². The van der Waals surface area contributed by atoms with Gasteiger partial charge in [-0.1, -0.05) is 18.2 Å². The van der Waals surface area contributed by atoms with E-state index in [-0.39, 0.29) is 4.90 Å². The van der Waals surface area contributed by atoms with Gasteiger partial charge in [0.05, 0.1) is 0 Å². The van der Waals surface area contributed by atoms with Crippen molar-refractivity contribution in [1.82, 2.24) is 4.72 Å². The van der Waals surface area contributed by atoms with E-state index >= 15 is 0 Å². The number of aliphatic carboxylic acids is 1. The van der Waals surface area contributed by atoms with Gasteiger partial charge in [0.15, 0.2) is 0 Å². The first-order valence-corrected chi connectivity index (χ1v) is 7.05. The molecule has 1 heterocycles. The minimum absolute atomic E-state index is 0.124. The van der Waals surface area contributed by atoms with Crippen molar-refractivity contribution in [2.24, 2.45) is 0 Å². The van der Waals surface area contributed by atoms with Crippen LogP contribution >= 0.6 is 11.3 Å². The fourth-order valence-corrected chi connectivity index (χ4v) is 3.87. The van der Waals surface area contributed by atoms with Crippen molar-refractivity contribution in [2.45, 2.75) is 4.90 Å². The molecule has 0 atom stereocenters. The number of fused-ring (bicyclic) bond motifs is 1. The van der Waals surface area contributed by atoms with Gasteiger partial charge in [-0.2, -0.15) is 4.72 Å². The molecule has 5 nitrogen and oxygen atoms in total. The van der Waals surface area contributed by atoms with Crippen molar-refractivity contribution in [3.05, 3.63) is 29.6 Å². The smallest absolute Gasteiger partial charge is 0.318 e. The van der Waals surface area contributed by atoms with Gasteiger partial charge >= 0.3 is 5.97 Å². The first kappa shape index (κ1) is 12.0. The topological polar surface area (TPSA) is 83.5 Å². The molecule has 0 saturated heterocycles. The normalized spacial score (nSPS) is 11.8. The Morgan fingerprint density at radius 3 is 2.76 bits per heavy atom. The van der Waals surface area contributed by atoms with Gasteiger partial charge in [0.1, 0.15) is 11.4 Å². The second-order valence-electron chi connectivity index (χ2n) is 3.31. The molecule has 90 valence electrons. The van der Waals surface area contributed by atoms with Crippen LogP contribution in [-0.2, 0) is 14.8 Å². The number of hydrogen-bond acceptors (Lipinski definition) is 4. The van der Waals surface area contributed by atoms with Crippen LogP contribution in [0.3, 0.4) is 0 Å². The average molecular weight is 271 g/mol. The van der Waals surface area contributed by atoms with E-state index in [4.69, 9.17) is 5.11 Å². The van der Waals surface area contributed by atoms with Gasteiger partial charge in [0.2, 0.25) is 10.0 Å². The van der Waals surface area contributed by atoms with Crippen molar-refractivity contribution in [1.29, 1.82) is 0 Å². The highest BCUT2D eigenvalue weighted by Gasteiger charge is 2.19. The molecular weight excluding hydrogens is 262 g/mol. The number of carboxylic acids is 1. The van der Waals surface area contributed by atoms with Crippen LogP contribution < -0.4 is 4.72 Å². The molecule has 0 bridgehead atoms. The molecule has 1 aromatic heterocycles. The summed E-state index contributed by atoms with van der Waals surface area (Å²) in [5, 5.41) is 10.6. The lowest BCUT2D eigenvalue weighted by Gasteiger charge is -2.02. The van der Waals surface area contributed by atoms with Crippen LogP contribution in [0.25, 0.3) is 10.1 Å². The molecule has 1 aromatic carbocycles. The largest absolute Gasteiger partial charge is 0.480 e. The number of carboxylic acid groups (broad SMARTS) is 1. The van der Waals surface area contributed by atoms with Gasteiger partial charge < -0.3 is 5.11 Å². The summed E-state index contributed by atoms with van der Waals surface area (Å²) in [7, 11) is -3.76. The lowest BCUT2D eigenvalue weighted by Crippen LogP contribution is -2.29. The van der Waals surface area contributed by atoms with Crippen LogP contribution in [-0.4, -0.2) is 26.0 Å². The van der Waals surface area contributed by atoms with Crippen molar-refractivity contribution >= 4 is 37.4 Å². The molecule has 0 aliphatic heterocycles. The zero-order chi connectivity index (χ0) is 12.5. The summed E-state index contributed by atoms with van der Waals surface area (Å²) < 4.78 is 26.6. The van der Waals surface area contributed by atoms with E-state index in [2.05, 4.69) is 0 Å². The lowest BCUT2D eigenvalue weighted by molar-refractivity contribution is -0.135. The first-order valence-electron chi connectivity index (χ1n) is 4.68. The van der Waals surface area contributed by atoms with E-state index in [1.165, 1.54) is 16.7 Å². The van der Waals surface area contributed by atoms with E-state index in [0.717, 1.165) is 4.70 Å². The van der Waals surface area contributed by atoms with Crippen LogP contribution in [0, 0.1) is 0 Å². The third-order valence-electron chi connectivity index (χ3n) is 2.15. The number of rotatable bonds is 4. The SMILES string of the molecule is O=C(O)CNS(=O)(=O)c1csc2ccccc12. The summed E-state index contributed by atoms with van der Waals surface area (Å²) in [5.41, 5.74) is 0. The highest BCUT2D eigenvalue weighted by Crippen LogP contribution is 2.28. The summed E-state index contributed by atoms with van der Waals surface area (Å²) in [6, 6.07) is 7.07. The van der Waals surface area contributed by atoms with E-state index in [9.17, 15) is 13.2 Å². The minimum Gasteiger partial charge on any atom is -0.480 e. The lowest BCUT2D eigenvalue weighted by atomic mass is 10.3. The second-order valence-corrected chi connectivity index (χ2v) is 5.96. The van der Waals surface area contributed by atoms with Crippen LogP contribution in [0.2, 0.25) is 0 Å². The Morgan fingerprint density at radius 2 is 2.06 bits per heavy atom. The van der Waals surface area contributed by atoms with Crippen LogP contribution in [0.15, 0.2) is 34.5 Å². The molecule has 0 aliphatic carbocycles. The summed E-state index contributed by atoms with van der Waals surface area (Å²) >= 11 is 1.31. The predicted molar refractivity (Wildman–Crippen MR) is 64.6 cm³/mol. The number of benzene rings is 1. The van der Waals surface area contributed by atoms with Gasteiger partial charge in [-0.15, -0.1) is 11.3 Å². The zero-order valence-corrected chi connectivity index (χ0v) is 10.2. The van der Waals surface area contributed by atoms with E-state index in [1.807, 2.05) is 16.9 Å². The Labute approximate surface area is 102 Å². The third kappa shape index (κ3) is 2.46. The molecule has 0 amide bonds. The Hall–Kier alpha value is -1.44. The molecule has 0 fully saturated rings. The number of nitrogens with one attached hydrogen (secondary N) is 1. The predicted octanol–water partition coefficient (Wildman–Crippen LogP) is 1.26. The Kier molecular flexibility index (Phi) is 3.14. The van der Waals surface area contributed by atoms with Crippen LogP contribution in [0.5, 0.6) is 0 Å². The van der Waals surface area contributed by atoms with Crippen molar-refractivity contribution in [3.8, 4) is 0 Å². The van der Waals surface area contributed by atoms with Crippen molar-refractivity contribution in [2.75, 3.05) is 6.54 Å². The van der Waals surface area contributed by atoms with E-state index in [0.29, 0.717) is 5.39 Å². The quantitative estimate of drug-likeness (QED) is 0.877. The monoisotopic (exact) mass is 271 g/mol.